The Morgan fingerprint density at radius 1 is 1.10 bits per heavy atom. The summed E-state index contributed by atoms with van der Waals surface area (Å²) in [6, 6.07) is 13.4. The Morgan fingerprint density at radius 3 is 2.43 bits per heavy atom. The lowest BCUT2D eigenvalue weighted by atomic mass is 10.3. The van der Waals surface area contributed by atoms with Crippen molar-refractivity contribution in [3.63, 3.8) is 0 Å². The molecule has 2 aromatic rings. The second-order valence-corrected chi connectivity index (χ2v) is 4.50. The molecular formula is C16H18FNO3. The highest BCUT2D eigenvalue weighted by Gasteiger charge is 2.07. The highest BCUT2D eigenvalue weighted by atomic mass is 19.1. The van der Waals surface area contributed by atoms with Crippen molar-refractivity contribution in [2.24, 2.45) is 0 Å². The first-order valence-corrected chi connectivity index (χ1v) is 6.62. The first-order valence-electron chi connectivity index (χ1n) is 6.62. The second kappa shape index (κ2) is 7.50. The summed E-state index contributed by atoms with van der Waals surface area (Å²) < 4.78 is 23.9. The standard InChI is InChI=1S/C16H18FNO3/c1-20-13-6-8-14(9-7-13)21-11-12(19)10-18-16-5-3-2-4-15(16)17/h2-9,12,18-19H,10-11H2,1H3. The van der Waals surface area contributed by atoms with Crippen molar-refractivity contribution in [2.75, 3.05) is 25.6 Å². The van der Waals surface area contributed by atoms with Crippen molar-refractivity contribution >= 4 is 5.69 Å². The molecule has 5 heteroatoms. The van der Waals surface area contributed by atoms with E-state index in [2.05, 4.69) is 5.32 Å². The van der Waals surface area contributed by atoms with Crippen LogP contribution in [0.5, 0.6) is 11.5 Å². The molecular weight excluding hydrogens is 273 g/mol. The molecule has 0 bridgehead atoms. The largest absolute Gasteiger partial charge is 0.497 e. The maximum absolute atomic E-state index is 13.4. The maximum Gasteiger partial charge on any atom is 0.146 e. The van der Waals surface area contributed by atoms with E-state index in [4.69, 9.17) is 9.47 Å². The first kappa shape index (κ1) is 15.1. The highest BCUT2D eigenvalue weighted by molar-refractivity contribution is 5.44. The molecule has 2 aromatic carbocycles. The molecule has 1 unspecified atom stereocenters. The Balaban J connectivity index is 1.76. The smallest absolute Gasteiger partial charge is 0.146 e. The molecule has 0 saturated heterocycles. The van der Waals surface area contributed by atoms with Crippen LogP contribution in [0.2, 0.25) is 0 Å². The summed E-state index contributed by atoms with van der Waals surface area (Å²) in [5.41, 5.74) is 0.362. The van der Waals surface area contributed by atoms with Gasteiger partial charge in [0.1, 0.15) is 30.0 Å². The van der Waals surface area contributed by atoms with Crippen LogP contribution in [-0.4, -0.2) is 31.5 Å². The molecule has 21 heavy (non-hydrogen) atoms. The molecule has 0 aliphatic carbocycles. The average Bonchev–Trinajstić information content (AvgIpc) is 2.52. The number of para-hydroxylation sites is 1. The average molecular weight is 291 g/mol. The van der Waals surface area contributed by atoms with E-state index in [1.54, 1.807) is 49.6 Å². The molecule has 0 aliphatic rings. The van der Waals surface area contributed by atoms with Gasteiger partial charge in [-0.2, -0.15) is 0 Å². The van der Waals surface area contributed by atoms with Crippen LogP contribution >= 0.6 is 0 Å². The zero-order valence-electron chi connectivity index (χ0n) is 11.8. The lowest BCUT2D eigenvalue weighted by molar-refractivity contribution is 0.117. The van der Waals surface area contributed by atoms with Crippen molar-refractivity contribution < 1.29 is 19.0 Å². The molecule has 0 heterocycles. The van der Waals surface area contributed by atoms with Gasteiger partial charge in [-0.3, -0.25) is 0 Å². The number of benzene rings is 2. The zero-order chi connectivity index (χ0) is 15.1. The SMILES string of the molecule is COc1ccc(OCC(O)CNc2ccccc2F)cc1. The lowest BCUT2D eigenvalue weighted by Gasteiger charge is -2.14. The molecule has 4 nitrogen and oxygen atoms in total. The Morgan fingerprint density at radius 2 is 1.76 bits per heavy atom. The quantitative estimate of drug-likeness (QED) is 0.823. The normalized spacial score (nSPS) is 11.8. The van der Waals surface area contributed by atoms with Gasteiger partial charge in [0.25, 0.3) is 0 Å². The van der Waals surface area contributed by atoms with Gasteiger partial charge in [-0.1, -0.05) is 12.1 Å². The minimum absolute atomic E-state index is 0.119. The van der Waals surface area contributed by atoms with Crippen LogP contribution in [0.4, 0.5) is 10.1 Å². The molecule has 0 fully saturated rings. The van der Waals surface area contributed by atoms with Gasteiger partial charge in [0.15, 0.2) is 0 Å². The number of nitrogens with one attached hydrogen (secondary N) is 1. The third kappa shape index (κ3) is 4.65. The van der Waals surface area contributed by atoms with Crippen molar-refractivity contribution in [1.29, 1.82) is 0 Å². The van der Waals surface area contributed by atoms with Crippen LogP contribution in [0.3, 0.4) is 0 Å². The number of aliphatic hydroxyl groups is 1. The third-order valence-electron chi connectivity index (χ3n) is 2.90. The van der Waals surface area contributed by atoms with Crippen LogP contribution < -0.4 is 14.8 Å². The van der Waals surface area contributed by atoms with Crippen LogP contribution in [0.25, 0.3) is 0 Å². The van der Waals surface area contributed by atoms with Crippen molar-refractivity contribution in [3.05, 3.63) is 54.3 Å². The van der Waals surface area contributed by atoms with E-state index in [0.717, 1.165) is 5.75 Å². The monoisotopic (exact) mass is 291 g/mol. The molecule has 1 atom stereocenters. The molecule has 0 aliphatic heterocycles. The van der Waals surface area contributed by atoms with Crippen LogP contribution in [0.1, 0.15) is 0 Å². The van der Waals surface area contributed by atoms with Gasteiger partial charge in [0.05, 0.1) is 12.8 Å². The molecule has 0 saturated carbocycles. The van der Waals surface area contributed by atoms with Gasteiger partial charge in [-0.15, -0.1) is 0 Å². The summed E-state index contributed by atoms with van der Waals surface area (Å²) in [6.07, 6.45) is -0.744. The van der Waals surface area contributed by atoms with Gasteiger partial charge in [0, 0.05) is 6.54 Å². The molecule has 0 radical (unpaired) electrons. The molecule has 2 rings (SSSR count). The lowest BCUT2D eigenvalue weighted by Crippen LogP contribution is -2.26. The van der Waals surface area contributed by atoms with E-state index < -0.39 is 6.10 Å². The molecule has 0 amide bonds. The van der Waals surface area contributed by atoms with E-state index >= 15 is 0 Å². The summed E-state index contributed by atoms with van der Waals surface area (Å²) in [5.74, 6) is 1.03. The van der Waals surface area contributed by atoms with Gasteiger partial charge in [-0.05, 0) is 36.4 Å². The van der Waals surface area contributed by atoms with Crippen molar-refractivity contribution in [2.45, 2.75) is 6.10 Å². The number of hydrogen-bond acceptors (Lipinski definition) is 4. The topological polar surface area (TPSA) is 50.7 Å². The zero-order valence-corrected chi connectivity index (χ0v) is 11.8. The van der Waals surface area contributed by atoms with Gasteiger partial charge in [-0.25, -0.2) is 4.39 Å². The fraction of sp³-hybridized carbons (Fsp3) is 0.250. The van der Waals surface area contributed by atoms with E-state index in [1.807, 2.05) is 0 Å². The van der Waals surface area contributed by atoms with E-state index in [1.165, 1.54) is 6.07 Å². The summed E-state index contributed by atoms with van der Waals surface area (Å²) in [6.45, 7) is 0.324. The number of anilines is 1. The number of halogens is 1. The van der Waals surface area contributed by atoms with Crippen LogP contribution in [0.15, 0.2) is 48.5 Å². The van der Waals surface area contributed by atoms with Crippen molar-refractivity contribution in [3.8, 4) is 11.5 Å². The van der Waals surface area contributed by atoms with Crippen LogP contribution in [-0.2, 0) is 0 Å². The summed E-state index contributed by atoms with van der Waals surface area (Å²) in [4.78, 5) is 0. The molecule has 2 N–H and O–H groups in total. The maximum atomic E-state index is 13.4. The summed E-state index contributed by atoms with van der Waals surface area (Å²) in [5, 5.41) is 12.7. The summed E-state index contributed by atoms with van der Waals surface area (Å²) in [7, 11) is 1.59. The van der Waals surface area contributed by atoms with E-state index in [0.29, 0.717) is 11.4 Å². The highest BCUT2D eigenvalue weighted by Crippen LogP contribution is 2.17. The number of hydrogen-bond donors (Lipinski definition) is 2. The second-order valence-electron chi connectivity index (χ2n) is 4.50. The number of aliphatic hydroxyl groups excluding tert-OH is 1. The molecule has 0 aromatic heterocycles. The summed E-state index contributed by atoms with van der Waals surface area (Å²) >= 11 is 0. The molecule has 112 valence electrons. The van der Waals surface area contributed by atoms with Crippen LogP contribution in [0, 0.1) is 5.82 Å². The number of ether oxygens (including phenoxy) is 2. The third-order valence-corrected chi connectivity index (χ3v) is 2.90. The Labute approximate surface area is 123 Å². The molecule has 0 spiro atoms. The number of methoxy groups -OCH3 is 1. The van der Waals surface area contributed by atoms with Gasteiger partial charge in [0.2, 0.25) is 0 Å². The fourth-order valence-electron chi connectivity index (χ4n) is 1.76. The Bertz CT molecular complexity index is 560. The Hall–Kier alpha value is -2.27. The van der Waals surface area contributed by atoms with E-state index in [-0.39, 0.29) is 19.0 Å². The van der Waals surface area contributed by atoms with E-state index in [9.17, 15) is 9.50 Å². The number of rotatable bonds is 7. The predicted octanol–water partition coefficient (Wildman–Crippen LogP) is 2.69. The predicted molar refractivity (Wildman–Crippen MR) is 79.4 cm³/mol. The minimum atomic E-state index is -0.744. The fourth-order valence-corrected chi connectivity index (χ4v) is 1.76. The Kier molecular flexibility index (Phi) is 5.40. The van der Waals surface area contributed by atoms with Gasteiger partial charge < -0.3 is 19.9 Å². The van der Waals surface area contributed by atoms with Crippen molar-refractivity contribution in [1.82, 2.24) is 0 Å². The minimum Gasteiger partial charge on any atom is -0.497 e. The van der Waals surface area contributed by atoms with Gasteiger partial charge >= 0.3 is 0 Å². The first-order chi connectivity index (χ1) is 10.2.